The van der Waals surface area contributed by atoms with Gasteiger partial charge >= 0.3 is 6.16 Å². The number of aliphatic hydroxyl groups is 1. The van der Waals surface area contributed by atoms with E-state index >= 15 is 0 Å². The highest BCUT2D eigenvalue weighted by molar-refractivity contribution is 6.01. The van der Waals surface area contributed by atoms with Gasteiger partial charge in [-0.2, -0.15) is 0 Å². The van der Waals surface area contributed by atoms with Crippen molar-refractivity contribution in [3.8, 4) is 0 Å². The molecule has 0 aromatic rings. The van der Waals surface area contributed by atoms with Crippen molar-refractivity contribution in [1.82, 2.24) is 0 Å². The molecular weight excluding hydrogens is 344 g/mol. The van der Waals surface area contributed by atoms with Crippen molar-refractivity contribution in [1.29, 1.82) is 0 Å². The van der Waals surface area contributed by atoms with Gasteiger partial charge in [0.05, 0.1) is 6.10 Å². The van der Waals surface area contributed by atoms with Gasteiger partial charge in [-0.1, -0.05) is 25.5 Å². The summed E-state index contributed by atoms with van der Waals surface area (Å²) < 4.78 is 5.10. The van der Waals surface area contributed by atoms with Gasteiger partial charge in [0.15, 0.2) is 5.78 Å². The topological polar surface area (TPSA) is 83.8 Å². The van der Waals surface area contributed by atoms with E-state index < -0.39 is 18.4 Å². The predicted octanol–water partition coefficient (Wildman–Crippen LogP) is 3.96. The van der Waals surface area contributed by atoms with E-state index in [9.17, 15) is 14.7 Å². The van der Waals surface area contributed by atoms with Crippen LogP contribution in [0.25, 0.3) is 0 Å². The molecule has 0 radical (unpaired) electrons. The van der Waals surface area contributed by atoms with Crippen molar-refractivity contribution in [2.75, 3.05) is 0 Å². The molecule has 0 amide bonds. The highest BCUT2D eigenvalue weighted by Crippen LogP contribution is 2.66. The van der Waals surface area contributed by atoms with Crippen LogP contribution in [0.1, 0.15) is 52.9 Å². The zero-order valence-corrected chi connectivity index (χ0v) is 16.4. The number of carbonyl (C=O) groups excluding carboxylic acids is 1. The van der Waals surface area contributed by atoms with Crippen LogP contribution in [0.4, 0.5) is 4.79 Å². The number of aliphatic hydroxyl groups excluding tert-OH is 1. The van der Waals surface area contributed by atoms with Crippen LogP contribution in [-0.2, 0) is 9.53 Å². The molecule has 0 saturated heterocycles. The Bertz CT molecular complexity index is 724. The molecule has 5 heteroatoms. The van der Waals surface area contributed by atoms with Gasteiger partial charge in [0.25, 0.3) is 0 Å². The normalized spacial score (nSPS) is 46.7. The molecule has 3 saturated carbocycles. The van der Waals surface area contributed by atoms with E-state index in [1.807, 2.05) is 6.92 Å². The number of hydrogen-bond acceptors (Lipinski definition) is 4. The van der Waals surface area contributed by atoms with E-state index in [0.717, 1.165) is 25.7 Å². The van der Waals surface area contributed by atoms with E-state index in [1.54, 1.807) is 12.2 Å². The Kier molecular flexibility index (Phi) is 4.30. The SMILES string of the molecule is C[C@H](OC(=O)O)[C@H]1CC[C@H]2[C@@H]3CCC4=CC(=O)C=C[C@]4(C)[C@H]3C[C@H](O)[C@]12C. The minimum atomic E-state index is -1.24. The lowest BCUT2D eigenvalue weighted by atomic mass is 9.47. The third-order valence-corrected chi connectivity index (χ3v) is 8.59. The number of ether oxygens (including phenoxy) is 1. The second-order valence-corrected chi connectivity index (χ2v) is 9.49. The Morgan fingerprint density at radius 1 is 1.26 bits per heavy atom. The first-order chi connectivity index (χ1) is 12.7. The lowest BCUT2D eigenvalue weighted by molar-refractivity contribution is -0.141. The number of ketones is 1. The summed E-state index contributed by atoms with van der Waals surface area (Å²) in [6, 6.07) is 0. The van der Waals surface area contributed by atoms with Crippen LogP contribution in [0.2, 0.25) is 0 Å². The molecule has 0 aromatic heterocycles. The summed E-state index contributed by atoms with van der Waals surface area (Å²) in [7, 11) is 0. The third-order valence-electron chi connectivity index (χ3n) is 8.59. The summed E-state index contributed by atoms with van der Waals surface area (Å²) in [5.74, 6) is 1.29. The van der Waals surface area contributed by atoms with Gasteiger partial charge in [0, 0.05) is 16.7 Å². The number of fused-ring (bicyclic) bond motifs is 5. The van der Waals surface area contributed by atoms with Crippen LogP contribution >= 0.6 is 0 Å². The molecule has 0 heterocycles. The van der Waals surface area contributed by atoms with Crippen LogP contribution in [0, 0.1) is 34.5 Å². The molecule has 3 fully saturated rings. The Morgan fingerprint density at radius 3 is 2.70 bits per heavy atom. The average Bonchev–Trinajstić information content (AvgIpc) is 2.95. The number of carbonyl (C=O) groups is 2. The zero-order chi connectivity index (χ0) is 19.6. The maximum absolute atomic E-state index is 11.8. The summed E-state index contributed by atoms with van der Waals surface area (Å²) in [6.45, 7) is 6.19. The molecule has 0 spiro atoms. The van der Waals surface area contributed by atoms with Crippen molar-refractivity contribution in [3.05, 3.63) is 23.8 Å². The summed E-state index contributed by atoms with van der Waals surface area (Å²) >= 11 is 0. The smallest absolute Gasteiger partial charge is 0.450 e. The lowest BCUT2D eigenvalue weighted by Crippen LogP contribution is -2.57. The molecule has 4 rings (SSSR count). The quantitative estimate of drug-likeness (QED) is 0.715. The first kappa shape index (κ1) is 18.7. The van der Waals surface area contributed by atoms with Crippen molar-refractivity contribution < 1.29 is 24.5 Å². The van der Waals surface area contributed by atoms with Gasteiger partial charge in [0.2, 0.25) is 0 Å². The maximum Gasteiger partial charge on any atom is 0.506 e. The molecule has 148 valence electrons. The third kappa shape index (κ3) is 2.61. The highest BCUT2D eigenvalue weighted by atomic mass is 16.7. The standard InChI is InChI=1S/C22H30O5/c1-12(27-20(25)26)16-6-7-17-15-5-4-13-10-14(23)8-9-21(13,2)18(15)11-19(24)22(16,17)3/h8-10,12,15-19,24H,4-7,11H2,1-3H3,(H,25,26)/t12-,15-,16+,17-,18-,19-,21-,22+/m0/s1. The molecule has 8 atom stereocenters. The summed E-state index contributed by atoms with van der Waals surface area (Å²) in [6.07, 6.45) is 7.98. The fourth-order valence-electron chi connectivity index (χ4n) is 7.21. The van der Waals surface area contributed by atoms with E-state index in [4.69, 9.17) is 9.84 Å². The van der Waals surface area contributed by atoms with Crippen molar-refractivity contribution in [2.45, 2.75) is 65.1 Å². The first-order valence-corrected chi connectivity index (χ1v) is 10.2. The predicted molar refractivity (Wildman–Crippen MR) is 100 cm³/mol. The molecule has 5 nitrogen and oxygen atoms in total. The van der Waals surface area contributed by atoms with Crippen LogP contribution in [0.5, 0.6) is 0 Å². The van der Waals surface area contributed by atoms with Gasteiger partial charge in [-0.25, -0.2) is 4.79 Å². The van der Waals surface area contributed by atoms with E-state index in [2.05, 4.69) is 19.9 Å². The highest BCUT2D eigenvalue weighted by Gasteiger charge is 2.63. The van der Waals surface area contributed by atoms with Crippen molar-refractivity contribution >= 4 is 11.9 Å². The number of carboxylic acid groups (broad SMARTS) is 1. The Hall–Kier alpha value is -1.62. The Morgan fingerprint density at radius 2 is 2.00 bits per heavy atom. The molecule has 4 aliphatic rings. The van der Waals surface area contributed by atoms with E-state index in [1.165, 1.54) is 5.57 Å². The fourth-order valence-corrected chi connectivity index (χ4v) is 7.21. The van der Waals surface area contributed by atoms with Gasteiger partial charge < -0.3 is 14.9 Å². The van der Waals surface area contributed by atoms with Crippen molar-refractivity contribution in [2.24, 2.45) is 34.5 Å². The van der Waals surface area contributed by atoms with Gasteiger partial charge in [-0.15, -0.1) is 0 Å². The number of allylic oxidation sites excluding steroid dienone is 4. The Balaban J connectivity index is 1.65. The zero-order valence-electron chi connectivity index (χ0n) is 16.4. The molecule has 2 N–H and O–H groups in total. The monoisotopic (exact) mass is 374 g/mol. The van der Waals surface area contributed by atoms with Gasteiger partial charge in [0.1, 0.15) is 6.10 Å². The first-order valence-electron chi connectivity index (χ1n) is 10.2. The second-order valence-electron chi connectivity index (χ2n) is 9.49. The largest absolute Gasteiger partial charge is 0.506 e. The van der Waals surface area contributed by atoms with Crippen LogP contribution in [-0.4, -0.2) is 34.4 Å². The average molecular weight is 374 g/mol. The molecule has 0 unspecified atom stereocenters. The lowest BCUT2D eigenvalue weighted by Gasteiger charge is -2.59. The van der Waals surface area contributed by atoms with Crippen molar-refractivity contribution in [3.63, 3.8) is 0 Å². The molecule has 0 bridgehead atoms. The summed E-state index contributed by atoms with van der Waals surface area (Å²) in [4.78, 5) is 22.9. The number of hydrogen-bond donors (Lipinski definition) is 2. The minimum Gasteiger partial charge on any atom is -0.450 e. The maximum atomic E-state index is 11.8. The number of rotatable bonds is 2. The summed E-state index contributed by atoms with van der Waals surface area (Å²) in [5, 5.41) is 20.3. The Labute approximate surface area is 160 Å². The van der Waals surface area contributed by atoms with Crippen LogP contribution < -0.4 is 0 Å². The van der Waals surface area contributed by atoms with Gasteiger partial charge in [-0.3, -0.25) is 4.79 Å². The second kappa shape index (κ2) is 6.20. The molecule has 0 aromatic carbocycles. The molecular formula is C22H30O5. The van der Waals surface area contributed by atoms with Crippen LogP contribution in [0.3, 0.4) is 0 Å². The summed E-state index contributed by atoms with van der Waals surface area (Å²) in [5.41, 5.74) is 0.742. The fraction of sp³-hybridized carbons (Fsp3) is 0.727. The minimum absolute atomic E-state index is 0.0442. The molecule has 0 aliphatic heterocycles. The van der Waals surface area contributed by atoms with E-state index in [0.29, 0.717) is 24.2 Å². The molecule has 27 heavy (non-hydrogen) atoms. The molecule has 4 aliphatic carbocycles. The van der Waals surface area contributed by atoms with Crippen LogP contribution in [0.15, 0.2) is 23.8 Å². The van der Waals surface area contributed by atoms with E-state index in [-0.39, 0.29) is 22.5 Å². The van der Waals surface area contributed by atoms with Gasteiger partial charge in [-0.05, 0) is 68.9 Å².